The zero-order valence-electron chi connectivity index (χ0n) is 20.9. The van der Waals surface area contributed by atoms with E-state index in [1.54, 1.807) is 11.1 Å². The van der Waals surface area contributed by atoms with Gasteiger partial charge >= 0.3 is 0 Å². The minimum absolute atomic E-state index is 0.0318. The summed E-state index contributed by atoms with van der Waals surface area (Å²) >= 11 is 6.18. The van der Waals surface area contributed by atoms with E-state index >= 15 is 0 Å². The van der Waals surface area contributed by atoms with E-state index in [1.165, 1.54) is 0 Å². The van der Waals surface area contributed by atoms with E-state index in [4.69, 9.17) is 11.6 Å². The van der Waals surface area contributed by atoms with Crippen molar-refractivity contribution in [3.63, 3.8) is 0 Å². The Morgan fingerprint density at radius 3 is 2.59 bits per heavy atom. The van der Waals surface area contributed by atoms with Gasteiger partial charge in [0.15, 0.2) is 0 Å². The molecule has 1 aliphatic heterocycles. The third kappa shape index (κ3) is 5.27. The van der Waals surface area contributed by atoms with Gasteiger partial charge in [-0.3, -0.25) is 14.6 Å². The first-order valence-corrected chi connectivity index (χ1v) is 12.7. The average Bonchev–Trinajstić information content (AvgIpc) is 2.89. The Balaban J connectivity index is 1.35. The molecule has 186 valence electrons. The van der Waals surface area contributed by atoms with Crippen molar-refractivity contribution in [2.75, 3.05) is 11.4 Å². The van der Waals surface area contributed by atoms with Gasteiger partial charge < -0.3 is 10.2 Å². The molecule has 1 unspecified atom stereocenters. The monoisotopic (exact) mass is 509 g/mol. The number of amides is 2. The maximum atomic E-state index is 13.2. The second-order valence-corrected chi connectivity index (χ2v) is 9.83. The van der Waals surface area contributed by atoms with Crippen LogP contribution in [0.2, 0.25) is 5.02 Å². The number of pyridine rings is 1. The summed E-state index contributed by atoms with van der Waals surface area (Å²) in [5.74, 6) is -0.117. The number of aromatic nitrogens is 1. The number of nitrogens with zero attached hydrogens (tertiary/aromatic N) is 2. The van der Waals surface area contributed by atoms with Crippen LogP contribution < -0.4 is 10.2 Å². The van der Waals surface area contributed by atoms with Crippen LogP contribution in [-0.2, 0) is 17.6 Å². The van der Waals surface area contributed by atoms with Crippen LogP contribution in [0.1, 0.15) is 49.9 Å². The third-order valence-corrected chi connectivity index (χ3v) is 7.10. The van der Waals surface area contributed by atoms with Crippen LogP contribution >= 0.6 is 11.6 Å². The zero-order chi connectivity index (χ0) is 25.9. The van der Waals surface area contributed by atoms with E-state index in [2.05, 4.69) is 10.3 Å². The molecule has 0 saturated heterocycles. The Hall–Kier alpha value is -3.96. The molecular weight excluding hydrogens is 482 g/mol. The molecule has 1 aromatic heterocycles. The smallest absolute Gasteiger partial charge is 0.258 e. The predicted molar refractivity (Wildman–Crippen MR) is 147 cm³/mol. The molecule has 0 aliphatic carbocycles. The fourth-order valence-electron chi connectivity index (χ4n) is 4.99. The highest BCUT2D eigenvalue weighted by molar-refractivity contribution is 6.30. The van der Waals surface area contributed by atoms with Crippen molar-refractivity contribution < 1.29 is 9.59 Å². The van der Waals surface area contributed by atoms with Crippen LogP contribution in [0.3, 0.4) is 0 Å². The largest absolute Gasteiger partial charge is 0.345 e. The van der Waals surface area contributed by atoms with E-state index < -0.39 is 0 Å². The fraction of sp³-hybridized carbons (Fsp3) is 0.194. The van der Waals surface area contributed by atoms with Crippen molar-refractivity contribution in [1.82, 2.24) is 10.3 Å². The lowest BCUT2D eigenvalue weighted by Gasteiger charge is -2.29. The van der Waals surface area contributed by atoms with Crippen molar-refractivity contribution in [2.45, 2.75) is 32.7 Å². The minimum Gasteiger partial charge on any atom is -0.345 e. The Kier molecular flexibility index (Phi) is 7.06. The zero-order valence-corrected chi connectivity index (χ0v) is 21.6. The molecule has 1 N–H and O–H groups in total. The molecule has 0 saturated carbocycles. The third-order valence-electron chi connectivity index (χ3n) is 6.87. The molecule has 5 rings (SSSR count). The van der Waals surface area contributed by atoms with Crippen molar-refractivity contribution in [3.05, 3.63) is 129 Å². The maximum Gasteiger partial charge on any atom is 0.258 e. The standard InChI is InChI=1S/C31H28ClN3O2/c1-20-17-25(32)11-13-26(20)30(23-7-4-3-5-8-23)34-29(36)19-22-10-12-27-24(18-22)14-16-35(31(27)37)28-9-6-15-33-21(28)2/h3-13,15,17-18,30H,14,16,19H2,1-2H3,(H,34,36). The van der Waals surface area contributed by atoms with Gasteiger partial charge in [0.25, 0.3) is 5.91 Å². The summed E-state index contributed by atoms with van der Waals surface area (Å²) in [4.78, 5) is 32.6. The SMILES string of the molecule is Cc1cc(Cl)ccc1C(NC(=O)Cc1ccc2c(c1)CCN(c1cccnc1C)C2=O)c1ccccc1. The average molecular weight is 510 g/mol. The number of halogens is 1. The van der Waals surface area contributed by atoms with Crippen LogP contribution in [0.25, 0.3) is 0 Å². The van der Waals surface area contributed by atoms with Crippen molar-refractivity contribution in [1.29, 1.82) is 0 Å². The highest BCUT2D eigenvalue weighted by atomic mass is 35.5. The molecule has 1 aliphatic rings. The number of anilines is 1. The number of carbonyl (C=O) groups excluding carboxylic acids is 2. The van der Waals surface area contributed by atoms with E-state index in [9.17, 15) is 9.59 Å². The molecule has 37 heavy (non-hydrogen) atoms. The summed E-state index contributed by atoms with van der Waals surface area (Å²) < 4.78 is 0. The van der Waals surface area contributed by atoms with Gasteiger partial charge in [0.05, 0.1) is 23.8 Å². The Morgan fingerprint density at radius 1 is 1.03 bits per heavy atom. The van der Waals surface area contributed by atoms with E-state index in [0.29, 0.717) is 17.1 Å². The number of hydrogen-bond donors (Lipinski definition) is 1. The van der Waals surface area contributed by atoms with Crippen LogP contribution in [0.15, 0.2) is 85.1 Å². The summed E-state index contributed by atoms with van der Waals surface area (Å²) in [6, 6.07) is 24.8. The van der Waals surface area contributed by atoms with Gasteiger partial charge in [-0.2, -0.15) is 0 Å². The Labute approximate surface area is 222 Å². The van der Waals surface area contributed by atoms with E-state index in [-0.39, 0.29) is 24.3 Å². The minimum atomic E-state index is -0.290. The van der Waals surface area contributed by atoms with Crippen molar-refractivity contribution in [3.8, 4) is 0 Å². The molecule has 5 nitrogen and oxygen atoms in total. The number of aryl methyl sites for hydroxylation is 2. The Morgan fingerprint density at radius 2 is 1.84 bits per heavy atom. The molecule has 3 aromatic carbocycles. The van der Waals surface area contributed by atoms with Crippen LogP contribution in [0, 0.1) is 13.8 Å². The topological polar surface area (TPSA) is 62.3 Å². The summed E-state index contributed by atoms with van der Waals surface area (Å²) in [6.45, 7) is 4.49. The first-order chi connectivity index (χ1) is 17.9. The lowest BCUT2D eigenvalue weighted by Crippen LogP contribution is -2.38. The second kappa shape index (κ2) is 10.6. The number of rotatable bonds is 6. The highest BCUT2D eigenvalue weighted by Crippen LogP contribution is 2.29. The molecule has 0 spiro atoms. The summed E-state index contributed by atoms with van der Waals surface area (Å²) in [7, 11) is 0. The lowest BCUT2D eigenvalue weighted by atomic mass is 9.93. The van der Waals surface area contributed by atoms with Gasteiger partial charge in [0, 0.05) is 23.3 Å². The number of benzene rings is 3. The molecule has 2 heterocycles. The van der Waals surface area contributed by atoms with Crippen molar-refractivity contribution in [2.24, 2.45) is 0 Å². The summed E-state index contributed by atoms with van der Waals surface area (Å²) in [5, 5.41) is 3.88. The summed E-state index contributed by atoms with van der Waals surface area (Å²) in [5.41, 5.74) is 7.23. The van der Waals surface area contributed by atoms with Gasteiger partial charge in [-0.15, -0.1) is 0 Å². The molecule has 4 aromatic rings. The predicted octanol–water partition coefficient (Wildman–Crippen LogP) is 6.00. The molecule has 6 heteroatoms. The summed E-state index contributed by atoms with van der Waals surface area (Å²) in [6.07, 6.45) is 2.68. The first-order valence-electron chi connectivity index (χ1n) is 12.4. The quantitative estimate of drug-likeness (QED) is 0.346. The van der Waals surface area contributed by atoms with Gasteiger partial charge in [-0.1, -0.05) is 60.1 Å². The van der Waals surface area contributed by atoms with Crippen LogP contribution in [-0.4, -0.2) is 23.3 Å². The van der Waals surface area contributed by atoms with Crippen LogP contribution in [0.4, 0.5) is 5.69 Å². The van der Waals surface area contributed by atoms with E-state index in [1.807, 2.05) is 92.7 Å². The number of carbonyl (C=O) groups is 2. The first kappa shape index (κ1) is 24.7. The lowest BCUT2D eigenvalue weighted by molar-refractivity contribution is -0.120. The maximum absolute atomic E-state index is 13.2. The number of hydrogen-bond acceptors (Lipinski definition) is 3. The van der Waals surface area contributed by atoms with Crippen molar-refractivity contribution >= 4 is 29.1 Å². The van der Waals surface area contributed by atoms with Gasteiger partial charge in [0.1, 0.15) is 0 Å². The molecule has 2 amide bonds. The van der Waals surface area contributed by atoms with Crippen LogP contribution in [0.5, 0.6) is 0 Å². The highest BCUT2D eigenvalue weighted by Gasteiger charge is 2.27. The molecule has 1 atom stereocenters. The number of nitrogens with one attached hydrogen (secondary N) is 1. The fourth-order valence-corrected chi connectivity index (χ4v) is 5.22. The molecule has 0 fully saturated rings. The van der Waals surface area contributed by atoms with Gasteiger partial charge in [-0.25, -0.2) is 0 Å². The van der Waals surface area contributed by atoms with E-state index in [0.717, 1.165) is 45.6 Å². The van der Waals surface area contributed by atoms with Gasteiger partial charge in [0.2, 0.25) is 5.91 Å². The normalized spacial score (nSPS) is 13.7. The second-order valence-electron chi connectivity index (χ2n) is 9.40. The molecular formula is C31H28ClN3O2. The molecule has 0 radical (unpaired) electrons. The molecule has 0 bridgehead atoms. The Bertz CT molecular complexity index is 1470. The van der Waals surface area contributed by atoms with Gasteiger partial charge in [-0.05, 0) is 78.4 Å². The number of fused-ring (bicyclic) bond motifs is 1.